The Kier molecular flexibility index (Phi) is 5.65. The molecule has 0 bridgehead atoms. The Labute approximate surface area is 169 Å². The number of rotatable bonds is 3. The normalized spacial score (nSPS) is 19.6. The van der Waals surface area contributed by atoms with Crippen LogP contribution in [-0.2, 0) is 11.2 Å². The molecule has 2 aliphatic rings. The van der Waals surface area contributed by atoms with E-state index < -0.39 is 0 Å². The average Bonchev–Trinajstić information content (AvgIpc) is 3.05. The van der Waals surface area contributed by atoms with Crippen molar-refractivity contribution in [3.63, 3.8) is 0 Å². The molecule has 1 fully saturated rings. The lowest BCUT2D eigenvalue weighted by Gasteiger charge is -2.32. The van der Waals surface area contributed by atoms with E-state index in [2.05, 4.69) is 40.2 Å². The minimum Gasteiger partial charge on any atom is -0.351 e. The van der Waals surface area contributed by atoms with Gasteiger partial charge in [0.15, 0.2) is 5.17 Å². The Morgan fingerprint density at radius 3 is 2.48 bits per heavy atom. The van der Waals surface area contributed by atoms with E-state index in [0.29, 0.717) is 15.8 Å². The van der Waals surface area contributed by atoms with Crippen molar-refractivity contribution in [2.24, 2.45) is 10.9 Å². The van der Waals surface area contributed by atoms with Gasteiger partial charge in [0.1, 0.15) is 0 Å². The molecule has 0 aromatic heterocycles. The van der Waals surface area contributed by atoms with E-state index in [1.54, 1.807) is 0 Å². The molecule has 27 heavy (non-hydrogen) atoms. The number of carbonyl (C=O) groups is 1. The number of amides is 1. The Balaban J connectivity index is 1.34. The second kappa shape index (κ2) is 8.32. The third kappa shape index (κ3) is 4.63. The molecule has 0 unspecified atom stereocenters. The lowest BCUT2D eigenvalue weighted by atomic mass is 9.90. The fraction of sp³-hybridized carbons (Fsp3) is 0.273. The Morgan fingerprint density at radius 2 is 1.78 bits per heavy atom. The average molecular weight is 397 g/mol. The van der Waals surface area contributed by atoms with Crippen LogP contribution in [0.1, 0.15) is 24.0 Å². The van der Waals surface area contributed by atoms with Crippen molar-refractivity contribution in [2.45, 2.75) is 19.3 Å². The minimum atomic E-state index is -0.142. The van der Waals surface area contributed by atoms with E-state index in [0.717, 1.165) is 43.1 Å². The van der Waals surface area contributed by atoms with Crippen molar-refractivity contribution in [3.8, 4) is 0 Å². The molecule has 0 radical (unpaired) electrons. The predicted molar refractivity (Wildman–Crippen MR) is 114 cm³/mol. The molecule has 0 saturated carbocycles. The van der Waals surface area contributed by atoms with E-state index in [4.69, 9.17) is 11.6 Å². The van der Waals surface area contributed by atoms with Crippen molar-refractivity contribution in [1.29, 1.82) is 0 Å². The third-order valence-electron chi connectivity index (χ3n) is 5.03. The van der Waals surface area contributed by atoms with Crippen LogP contribution in [0.25, 0.3) is 6.08 Å². The first-order valence-electron chi connectivity index (χ1n) is 9.24. The third-order valence-corrected chi connectivity index (χ3v) is 6.33. The number of carbonyl (C=O) groups excluding carboxylic acids is 1. The topological polar surface area (TPSA) is 32.7 Å². The van der Waals surface area contributed by atoms with Crippen LogP contribution in [0.4, 0.5) is 0 Å². The maximum absolute atomic E-state index is 12.3. The summed E-state index contributed by atoms with van der Waals surface area (Å²) in [6.45, 7) is 1.93. The van der Waals surface area contributed by atoms with Gasteiger partial charge in [-0.1, -0.05) is 54.1 Å². The first-order chi connectivity index (χ1) is 13.2. The molecule has 0 spiro atoms. The van der Waals surface area contributed by atoms with Crippen LogP contribution in [0.5, 0.6) is 0 Å². The number of likely N-dealkylation sites (tertiary alicyclic amines) is 1. The van der Waals surface area contributed by atoms with Gasteiger partial charge in [-0.25, -0.2) is 0 Å². The molecule has 0 atom stereocenters. The number of thioether (sulfide) groups is 1. The molecular weight excluding hydrogens is 376 g/mol. The lowest BCUT2D eigenvalue weighted by Crippen LogP contribution is -2.37. The van der Waals surface area contributed by atoms with Gasteiger partial charge >= 0.3 is 0 Å². The minimum absolute atomic E-state index is 0.142. The lowest BCUT2D eigenvalue weighted by molar-refractivity contribution is -0.113. The second-order valence-electron chi connectivity index (χ2n) is 6.98. The number of benzene rings is 2. The second-order valence-corrected chi connectivity index (χ2v) is 8.43. The van der Waals surface area contributed by atoms with Crippen LogP contribution in [0, 0.1) is 5.92 Å². The first kappa shape index (κ1) is 18.3. The monoisotopic (exact) mass is 396 g/mol. The van der Waals surface area contributed by atoms with Gasteiger partial charge < -0.3 is 4.90 Å². The summed E-state index contributed by atoms with van der Waals surface area (Å²) in [5.74, 6) is 0.562. The fourth-order valence-corrected chi connectivity index (χ4v) is 4.61. The summed E-state index contributed by atoms with van der Waals surface area (Å²) in [5, 5.41) is 1.54. The van der Waals surface area contributed by atoms with Gasteiger partial charge in [-0.05, 0) is 66.3 Å². The zero-order valence-corrected chi connectivity index (χ0v) is 16.5. The maximum Gasteiger partial charge on any atom is 0.286 e. The highest BCUT2D eigenvalue weighted by Gasteiger charge is 2.29. The van der Waals surface area contributed by atoms with E-state index in [9.17, 15) is 4.79 Å². The molecule has 1 saturated heterocycles. The number of aliphatic imine (C=N–C) groups is 1. The summed E-state index contributed by atoms with van der Waals surface area (Å²) in [4.78, 5) is 19.5. The predicted octanol–water partition coefficient (Wildman–Crippen LogP) is 5.27. The quantitative estimate of drug-likeness (QED) is 0.663. The van der Waals surface area contributed by atoms with E-state index in [-0.39, 0.29) is 5.91 Å². The van der Waals surface area contributed by atoms with Crippen LogP contribution < -0.4 is 0 Å². The van der Waals surface area contributed by atoms with Gasteiger partial charge in [0, 0.05) is 18.1 Å². The highest BCUT2D eigenvalue weighted by molar-refractivity contribution is 8.18. The van der Waals surface area contributed by atoms with Crippen molar-refractivity contribution >= 4 is 40.5 Å². The zero-order chi connectivity index (χ0) is 18.6. The molecule has 0 N–H and O–H groups in total. The van der Waals surface area contributed by atoms with Crippen molar-refractivity contribution in [3.05, 3.63) is 75.7 Å². The molecule has 5 heteroatoms. The number of nitrogens with zero attached hydrogens (tertiary/aromatic N) is 2. The highest BCUT2D eigenvalue weighted by Crippen LogP contribution is 2.32. The summed E-state index contributed by atoms with van der Waals surface area (Å²) in [5.41, 5.74) is 2.38. The maximum atomic E-state index is 12.3. The molecule has 0 aliphatic carbocycles. The van der Waals surface area contributed by atoms with E-state index in [1.165, 1.54) is 17.3 Å². The van der Waals surface area contributed by atoms with Gasteiger partial charge in [-0.2, -0.15) is 4.99 Å². The first-order valence-corrected chi connectivity index (χ1v) is 10.4. The van der Waals surface area contributed by atoms with Gasteiger partial charge in [0.05, 0.1) is 4.91 Å². The Hall–Kier alpha value is -2.04. The van der Waals surface area contributed by atoms with Crippen molar-refractivity contribution < 1.29 is 4.79 Å². The van der Waals surface area contributed by atoms with Crippen LogP contribution in [0.2, 0.25) is 5.02 Å². The van der Waals surface area contributed by atoms with Crippen LogP contribution >= 0.6 is 23.4 Å². The van der Waals surface area contributed by atoms with E-state index >= 15 is 0 Å². The Bertz CT molecular complexity index is 869. The molecule has 1 amide bonds. The van der Waals surface area contributed by atoms with Crippen LogP contribution in [0.15, 0.2) is 64.5 Å². The van der Waals surface area contributed by atoms with Gasteiger partial charge in [-0.15, -0.1) is 0 Å². The molecule has 2 heterocycles. The van der Waals surface area contributed by atoms with Crippen molar-refractivity contribution in [1.82, 2.24) is 4.90 Å². The summed E-state index contributed by atoms with van der Waals surface area (Å²) >= 11 is 7.41. The Morgan fingerprint density at radius 1 is 1.07 bits per heavy atom. The fourth-order valence-electron chi connectivity index (χ4n) is 3.52. The standard InChI is InChI=1S/C22H21ClN2OS/c23-19-8-6-17(7-9-19)15-20-21(26)24-22(27-20)25-12-10-18(11-13-25)14-16-4-2-1-3-5-16/h1-9,15,18H,10-14H2. The van der Waals surface area contributed by atoms with Gasteiger partial charge in [-0.3, -0.25) is 4.79 Å². The zero-order valence-electron chi connectivity index (χ0n) is 15.0. The molecule has 138 valence electrons. The summed E-state index contributed by atoms with van der Waals surface area (Å²) in [6, 6.07) is 18.2. The number of hydrogen-bond donors (Lipinski definition) is 0. The summed E-state index contributed by atoms with van der Waals surface area (Å²) in [6.07, 6.45) is 5.30. The SMILES string of the molecule is O=C1N=C(N2CCC(Cc3ccccc3)CC2)SC1=Cc1ccc(Cl)cc1. The van der Waals surface area contributed by atoms with E-state index in [1.807, 2.05) is 30.3 Å². The number of amidine groups is 1. The van der Waals surface area contributed by atoms with Gasteiger partial charge in [0.25, 0.3) is 5.91 Å². The smallest absolute Gasteiger partial charge is 0.286 e. The largest absolute Gasteiger partial charge is 0.351 e. The molecule has 3 nitrogen and oxygen atoms in total. The molecule has 2 aromatic carbocycles. The summed E-state index contributed by atoms with van der Waals surface area (Å²) in [7, 11) is 0. The highest BCUT2D eigenvalue weighted by atomic mass is 35.5. The molecule has 4 rings (SSSR count). The summed E-state index contributed by atoms with van der Waals surface area (Å²) < 4.78 is 0. The molecule has 2 aliphatic heterocycles. The number of halogens is 1. The molecular formula is C22H21ClN2OS. The number of piperidine rings is 1. The van der Waals surface area contributed by atoms with Crippen molar-refractivity contribution in [2.75, 3.05) is 13.1 Å². The molecule has 2 aromatic rings. The van der Waals surface area contributed by atoms with Crippen LogP contribution in [-0.4, -0.2) is 29.1 Å². The van der Waals surface area contributed by atoms with Crippen LogP contribution in [0.3, 0.4) is 0 Å². The number of hydrogen-bond acceptors (Lipinski definition) is 3. The van der Waals surface area contributed by atoms with Gasteiger partial charge in [0.2, 0.25) is 0 Å².